The fourth-order valence-corrected chi connectivity index (χ4v) is 3.11. The first-order chi connectivity index (χ1) is 14.2. The van der Waals surface area contributed by atoms with Gasteiger partial charge >= 0.3 is 0 Å². The fraction of sp³-hybridized carbons (Fsp3) is 0.130. The van der Waals surface area contributed by atoms with E-state index in [9.17, 15) is 4.79 Å². The van der Waals surface area contributed by atoms with Crippen molar-refractivity contribution < 1.29 is 4.79 Å². The molecule has 6 nitrogen and oxygen atoms in total. The molecular formula is C23H21N5O. The van der Waals surface area contributed by atoms with Crippen LogP contribution in [0.1, 0.15) is 30.1 Å². The number of rotatable bonds is 6. The van der Waals surface area contributed by atoms with E-state index in [1.165, 1.54) is 4.80 Å². The molecule has 1 amide bonds. The van der Waals surface area contributed by atoms with Gasteiger partial charge < -0.3 is 5.32 Å². The highest BCUT2D eigenvalue weighted by atomic mass is 16.2. The van der Waals surface area contributed by atoms with Gasteiger partial charge in [-0.05, 0) is 23.3 Å². The van der Waals surface area contributed by atoms with Crippen LogP contribution in [0.4, 0.5) is 0 Å². The van der Waals surface area contributed by atoms with E-state index >= 15 is 0 Å². The lowest BCUT2D eigenvalue weighted by Crippen LogP contribution is -2.35. The Bertz CT molecular complexity index is 1020. The van der Waals surface area contributed by atoms with Crippen molar-refractivity contribution in [1.82, 2.24) is 25.5 Å². The molecule has 0 fully saturated rings. The van der Waals surface area contributed by atoms with Crippen molar-refractivity contribution in [3.05, 3.63) is 102 Å². The van der Waals surface area contributed by atoms with E-state index in [0.29, 0.717) is 5.82 Å². The Kier molecular flexibility index (Phi) is 5.42. The van der Waals surface area contributed by atoms with E-state index in [-0.39, 0.29) is 11.9 Å². The normalized spacial score (nSPS) is 11.9. The number of benzene rings is 3. The summed E-state index contributed by atoms with van der Waals surface area (Å²) < 4.78 is 0. The monoisotopic (exact) mass is 383 g/mol. The molecular weight excluding hydrogens is 362 g/mol. The molecule has 6 heteroatoms. The molecule has 0 saturated heterocycles. The number of nitrogens with one attached hydrogen (secondary N) is 1. The van der Waals surface area contributed by atoms with E-state index in [1.807, 2.05) is 91.0 Å². The van der Waals surface area contributed by atoms with E-state index in [2.05, 4.69) is 20.7 Å². The number of carbonyl (C=O) groups is 1. The van der Waals surface area contributed by atoms with E-state index in [4.69, 9.17) is 0 Å². The van der Waals surface area contributed by atoms with Crippen LogP contribution in [-0.2, 0) is 4.79 Å². The van der Waals surface area contributed by atoms with E-state index in [0.717, 1.165) is 16.7 Å². The zero-order chi connectivity index (χ0) is 20.1. The number of tetrazole rings is 1. The standard InChI is InChI=1S/C23H21N5O/c1-17(28-26-22(25-27-28)20-15-9-4-10-16-20)23(29)24-21(18-11-5-2-6-12-18)19-13-7-3-8-14-19/h2-17,21H,1H3,(H,24,29). The summed E-state index contributed by atoms with van der Waals surface area (Å²) in [5.41, 5.74) is 2.88. The summed E-state index contributed by atoms with van der Waals surface area (Å²) in [4.78, 5) is 14.4. The van der Waals surface area contributed by atoms with Crippen molar-refractivity contribution in [2.75, 3.05) is 0 Å². The Morgan fingerprint density at radius 2 is 1.34 bits per heavy atom. The smallest absolute Gasteiger partial charge is 0.247 e. The van der Waals surface area contributed by atoms with Gasteiger partial charge in [-0.2, -0.15) is 4.80 Å². The first-order valence-corrected chi connectivity index (χ1v) is 9.47. The lowest BCUT2D eigenvalue weighted by molar-refractivity contribution is -0.125. The number of hydrogen-bond donors (Lipinski definition) is 1. The number of carbonyl (C=O) groups excluding carboxylic acids is 1. The van der Waals surface area contributed by atoms with Gasteiger partial charge in [-0.15, -0.1) is 10.2 Å². The molecule has 1 aromatic heterocycles. The second-order valence-electron chi connectivity index (χ2n) is 6.74. The van der Waals surface area contributed by atoms with E-state index in [1.54, 1.807) is 6.92 Å². The summed E-state index contributed by atoms with van der Waals surface area (Å²) >= 11 is 0. The Hall–Kier alpha value is -3.80. The van der Waals surface area contributed by atoms with Gasteiger partial charge in [0, 0.05) is 5.56 Å². The van der Waals surface area contributed by atoms with Crippen molar-refractivity contribution in [3.63, 3.8) is 0 Å². The summed E-state index contributed by atoms with van der Waals surface area (Å²) in [6, 6.07) is 28.5. The highest BCUT2D eigenvalue weighted by Gasteiger charge is 2.23. The molecule has 4 rings (SSSR count). The summed E-state index contributed by atoms with van der Waals surface area (Å²) in [6.07, 6.45) is 0. The Balaban J connectivity index is 1.56. The molecule has 1 heterocycles. The van der Waals surface area contributed by atoms with Gasteiger partial charge in [0.15, 0.2) is 0 Å². The zero-order valence-electron chi connectivity index (χ0n) is 16.0. The fourth-order valence-electron chi connectivity index (χ4n) is 3.11. The highest BCUT2D eigenvalue weighted by molar-refractivity contribution is 5.80. The van der Waals surface area contributed by atoms with Crippen LogP contribution in [-0.4, -0.2) is 26.1 Å². The minimum absolute atomic E-state index is 0.181. The molecule has 3 aromatic carbocycles. The van der Waals surface area contributed by atoms with Crippen LogP contribution >= 0.6 is 0 Å². The first kappa shape index (κ1) is 18.6. The van der Waals surface area contributed by atoms with Crippen LogP contribution in [0.3, 0.4) is 0 Å². The van der Waals surface area contributed by atoms with Gasteiger partial charge in [0.05, 0.1) is 6.04 Å². The molecule has 0 aliphatic rings. The van der Waals surface area contributed by atoms with Crippen molar-refractivity contribution in [2.24, 2.45) is 0 Å². The molecule has 29 heavy (non-hydrogen) atoms. The predicted molar refractivity (Wildman–Crippen MR) is 111 cm³/mol. The molecule has 144 valence electrons. The van der Waals surface area contributed by atoms with Crippen molar-refractivity contribution in [2.45, 2.75) is 19.0 Å². The molecule has 0 saturated carbocycles. The molecule has 0 bridgehead atoms. The van der Waals surface area contributed by atoms with Crippen LogP contribution in [0.2, 0.25) is 0 Å². The van der Waals surface area contributed by atoms with Crippen LogP contribution in [0, 0.1) is 0 Å². The maximum absolute atomic E-state index is 13.0. The second-order valence-corrected chi connectivity index (χ2v) is 6.74. The molecule has 1 N–H and O–H groups in total. The third-order valence-electron chi connectivity index (χ3n) is 4.74. The quantitative estimate of drug-likeness (QED) is 0.550. The van der Waals surface area contributed by atoms with Crippen molar-refractivity contribution in [1.29, 1.82) is 0 Å². The minimum Gasteiger partial charge on any atom is -0.343 e. The lowest BCUT2D eigenvalue weighted by atomic mass is 9.98. The third kappa shape index (κ3) is 4.21. The van der Waals surface area contributed by atoms with E-state index < -0.39 is 6.04 Å². The number of nitrogens with zero attached hydrogens (tertiary/aromatic N) is 4. The molecule has 1 unspecified atom stereocenters. The summed E-state index contributed by atoms with van der Waals surface area (Å²) in [5.74, 6) is 0.313. The Morgan fingerprint density at radius 1 is 0.828 bits per heavy atom. The molecule has 1 atom stereocenters. The Labute approximate surface area is 169 Å². The maximum Gasteiger partial charge on any atom is 0.247 e. The summed E-state index contributed by atoms with van der Waals surface area (Å²) in [7, 11) is 0. The third-order valence-corrected chi connectivity index (χ3v) is 4.74. The van der Waals surface area contributed by atoms with Gasteiger partial charge in [0.2, 0.25) is 11.7 Å². The SMILES string of the molecule is CC(C(=O)NC(c1ccccc1)c1ccccc1)n1nnc(-c2ccccc2)n1. The van der Waals surface area contributed by atoms with Crippen LogP contribution < -0.4 is 5.32 Å². The van der Waals surface area contributed by atoms with Crippen LogP contribution in [0.25, 0.3) is 11.4 Å². The van der Waals surface area contributed by atoms with Crippen LogP contribution in [0.5, 0.6) is 0 Å². The molecule has 0 radical (unpaired) electrons. The minimum atomic E-state index is -0.602. The highest BCUT2D eigenvalue weighted by Crippen LogP contribution is 2.23. The number of amides is 1. The molecule has 0 aliphatic carbocycles. The average Bonchev–Trinajstić information content (AvgIpc) is 3.29. The largest absolute Gasteiger partial charge is 0.343 e. The lowest BCUT2D eigenvalue weighted by Gasteiger charge is -2.21. The maximum atomic E-state index is 13.0. The van der Waals surface area contributed by atoms with Gasteiger partial charge in [-0.1, -0.05) is 91.0 Å². The van der Waals surface area contributed by atoms with Gasteiger partial charge in [0.25, 0.3) is 0 Å². The second kappa shape index (κ2) is 8.48. The van der Waals surface area contributed by atoms with Gasteiger partial charge in [-0.25, -0.2) is 0 Å². The molecule has 4 aromatic rings. The first-order valence-electron chi connectivity index (χ1n) is 9.47. The number of aromatic nitrogens is 4. The summed E-state index contributed by atoms with van der Waals surface area (Å²) in [5, 5.41) is 15.7. The van der Waals surface area contributed by atoms with Crippen molar-refractivity contribution in [3.8, 4) is 11.4 Å². The van der Waals surface area contributed by atoms with Crippen LogP contribution in [0.15, 0.2) is 91.0 Å². The number of hydrogen-bond acceptors (Lipinski definition) is 4. The molecule has 0 spiro atoms. The Morgan fingerprint density at radius 3 is 1.90 bits per heavy atom. The van der Waals surface area contributed by atoms with Gasteiger partial charge in [-0.3, -0.25) is 4.79 Å². The zero-order valence-corrected chi connectivity index (χ0v) is 16.0. The predicted octanol–water partition coefficient (Wildman–Crippen LogP) is 3.81. The topological polar surface area (TPSA) is 72.7 Å². The average molecular weight is 383 g/mol. The van der Waals surface area contributed by atoms with Crippen molar-refractivity contribution >= 4 is 5.91 Å². The van der Waals surface area contributed by atoms with Gasteiger partial charge in [0.1, 0.15) is 6.04 Å². The summed E-state index contributed by atoms with van der Waals surface area (Å²) in [6.45, 7) is 1.76. The molecule has 0 aliphatic heterocycles.